The number of hydrogen-bond donors (Lipinski definition) is 2. The van der Waals surface area contributed by atoms with Crippen molar-refractivity contribution in [3.05, 3.63) is 66.2 Å². The molecule has 37 heavy (non-hydrogen) atoms. The minimum absolute atomic E-state index is 0.351. The average molecular weight is 504 g/mol. The van der Waals surface area contributed by atoms with Crippen LogP contribution < -0.4 is 5.32 Å². The number of allylic oxidation sites excluding steroid dienone is 1. The second-order valence-corrected chi connectivity index (χ2v) is 10.4. The summed E-state index contributed by atoms with van der Waals surface area (Å²) in [4.78, 5) is 4.85. The van der Waals surface area contributed by atoms with E-state index in [0.717, 1.165) is 35.6 Å². The van der Waals surface area contributed by atoms with Gasteiger partial charge in [-0.2, -0.15) is 0 Å². The topological polar surface area (TPSA) is 50.1 Å². The fourth-order valence-corrected chi connectivity index (χ4v) is 5.18. The molecule has 202 valence electrons. The number of nitrogens with one attached hydrogen (secondary N) is 1. The van der Waals surface area contributed by atoms with Gasteiger partial charge < -0.3 is 15.0 Å². The Kier molecular flexibility index (Phi) is 13.2. The minimum Gasteiger partial charge on any atom is -0.507 e. The van der Waals surface area contributed by atoms with Gasteiger partial charge in [0.25, 0.3) is 0 Å². The van der Waals surface area contributed by atoms with Crippen molar-refractivity contribution in [1.82, 2.24) is 9.55 Å². The highest BCUT2D eigenvalue weighted by atomic mass is 16.3. The molecule has 0 fully saturated rings. The molecule has 1 heterocycles. The van der Waals surface area contributed by atoms with E-state index in [2.05, 4.69) is 41.6 Å². The largest absolute Gasteiger partial charge is 0.507 e. The lowest BCUT2D eigenvalue weighted by atomic mass is 10.0. The summed E-state index contributed by atoms with van der Waals surface area (Å²) >= 11 is 0. The molecule has 0 spiro atoms. The maximum atomic E-state index is 10.6. The van der Waals surface area contributed by atoms with Gasteiger partial charge >= 0.3 is 0 Å². The monoisotopic (exact) mass is 503 g/mol. The Morgan fingerprint density at radius 2 is 1.38 bits per heavy atom. The van der Waals surface area contributed by atoms with Gasteiger partial charge in [0.05, 0.1) is 11.0 Å². The first-order valence-electron chi connectivity index (χ1n) is 14.8. The Bertz CT molecular complexity index is 1050. The minimum atomic E-state index is 0.351. The first-order chi connectivity index (χ1) is 18.2. The lowest BCUT2D eigenvalue weighted by Gasteiger charge is -2.13. The summed E-state index contributed by atoms with van der Waals surface area (Å²) in [6.45, 7) is 7.58. The van der Waals surface area contributed by atoms with Crippen LogP contribution >= 0.6 is 0 Å². The van der Waals surface area contributed by atoms with E-state index in [-0.39, 0.29) is 0 Å². The number of para-hydroxylation sites is 3. The molecular formula is C33H49N3O. The molecule has 4 nitrogen and oxygen atoms in total. The molecule has 3 rings (SSSR count). The molecule has 0 bridgehead atoms. The summed E-state index contributed by atoms with van der Waals surface area (Å²) in [6, 6.07) is 14.3. The zero-order chi connectivity index (χ0) is 26.1. The molecule has 3 aromatic rings. The van der Waals surface area contributed by atoms with E-state index < -0.39 is 0 Å². The maximum Gasteiger partial charge on any atom is 0.204 e. The molecular weight excluding hydrogens is 454 g/mol. The Hall–Kier alpha value is -2.75. The SMILES string of the molecule is C=CCc1cccc(CNc2nc3ccccc3n2CCCCCCCCCCCCCCCC)c1O. The summed E-state index contributed by atoms with van der Waals surface area (Å²) in [7, 11) is 0. The van der Waals surface area contributed by atoms with Crippen LogP contribution in [0.2, 0.25) is 0 Å². The predicted molar refractivity (Wildman–Crippen MR) is 159 cm³/mol. The Labute approximate surface area is 225 Å². The van der Waals surface area contributed by atoms with Crippen LogP contribution in [-0.4, -0.2) is 14.7 Å². The van der Waals surface area contributed by atoms with Gasteiger partial charge in [-0.3, -0.25) is 0 Å². The molecule has 0 aliphatic heterocycles. The number of rotatable bonds is 20. The van der Waals surface area contributed by atoms with Crippen LogP contribution in [0.1, 0.15) is 108 Å². The molecule has 0 amide bonds. The van der Waals surface area contributed by atoms with E-state index in [1.807, 2.05) is 30.3 Å². The fourth-order valence-electron chi connectivity index (χ4n) is 5.18. The first-order valence-corrected chi connectivity index (χ1v) is 14.8. The third-order valence-electron chi connectivity index (χ3n) is 7.39. The van der Waals surface area contributed by atoms with Gasteiger partial charge in [-0.05, 0) is 30.5 Å². The van der Waals surface area contributed by atoms with Crippen molar-refractivity contribution in [2.24, 2.45) is 0 Å². The highest BCUT2D eigenvalue weighted by Crippen LogP contribution is 2.26. The molecule has 0 aliphatic rings. The molecule has 0 aliphatic carbocycles. The Morgan fingerprint density at radius 3 is 2.03 bits per heavy atom. The van der Waals surface area contributed by atoms with E-state index in [1.165, 1.54) is 89.0 Å². The molecule has 2 aromatic carbocycles. The lowest BCUT2D eigenvalue weighted by Crippen LogP contribution is -2.08. The van der Waals surface area contributed by atoms with Gasteiger partial charge in [0.1, 0.15) is 5.75 Å². The number of nitrogens with zero attached hydrogens (tertiary/aromatic N) is 2. The van der Waals surface area contributed by atoms with Gasteiger partial charge in [0.2, 0.25) is 5.95 Å². The zero-order valence-electron chi connectivity index (χ0n) is 23.2. The molecule has 1 aromatic heterocycles. The molecule has 4 heteroatoms. The number of aromatic hydroxyl groups is 1. The van der Waals surface area contributed by atoms with E-state index in [9.17, 15) is 5.11 Å². The van der Waals surface area contributed by atoms with Gasteiger partial charge in [-0.1, -0.05) is 127 Å². The third kappa shape index (κ3) is 9.57. The second-order valence-electron chi connectivity index (χ2n) is 10.4. The summed E-state index contributed by atoms with van der Waals surface area (Å²) < 4.78 is 2.31. The number of fused-ring (bicyclic) bond motifs is 1. The van der Waals surface area contributed by atoms with Crippen LogP contribution in [0.15, 0.2) is 55.1 Å². The number of imidazole rings is 1. The van der Waals surface area contributed by atoms with Gasteiger partial charge in [-0.25, -0.2) is 4.98 Å². The predicted octanol–water partition coefficient (Wildman–Crippen LogP) is 9.56. The lowest BCUT2D eigenvalue weighted by molar-refractivity contribution is 0.463. The summed E-state index contributed by atoms with van der Waals surface area (Å²) in [6.07, 6.45) is 21.7. The van der Waals surface area contributed by atoms with Crippen LogP contribution in [-0.2, 0) is 19.5 Å². The fraction of sp³-hybridized carbons (Fsp3) is 0.545. The molecule has 0 saturated carbocycles. The quantitative estimate of drug-likeness (QED) is 0.119. The highest BCUT2D eigenvalue weighted by molar-refractivity contribution is 5.78. The average Bonchev–Trinajstić information content (AvgIpc) is 3.27. The third-order valence-corrected chi connectivity index (χ3v) is 7.39. The molecule has 0 atom stereocenters. The van der Waals surface area contributed by atoms with Crippen LogP contribution in [0, 0.1) is 0 Å². The van der Waals surface area contributed by atoms with Gasteiger partial charge in [-0.15, -0.1) is 6.58 Å². The number of aromatic nitrogens is 2. The summed E-state index contributed by atoms with van der Waals surface area (Å²) in [5.74, 6) is 1.23. The van der Waals surface area contributed by atoms with Crippen molar-refractivity contribution < 1.29 is 5.11 Å². The van der Waals surface area contributed by atoms with Crippen molar-refractivity contribution >= 4 is 17.0 Å². The molecule has 0 radical (unpaired) electrons. The van der Waals surface area contributed by atoms with Crippen LogP contribution in [0.5, 0.6) is 5.75 Å². The highest BCUT2D eigenvalue weighted by Gasteiger charge is 2.12. The van der Waals surface area contributed by atoms with Crippen molar-refractivity contribution in [1.29, 1.82) is 0 Å². The standard InChI is InChI=1S/C33H49N3O/c1-3-5-6-7-8-9-10-11-12-13-14-15-16-19-26-36-31-25-18-17-24-30(31)35-33(36)34-27-29-23-20-22-28(21-4-2)32(29)37/h4,17-18,20,22-25,37H,2-3,5-16,19,21,26-27H2,1H3,(H,34,35). The van der Waals surface area contributed by atoms with Crippen molar-refractivity contribution in [3.63, 3.8) is 0 Å². The van der Waals surface area contributed by atoms with Crippen LogP contribution in [0.3, 0.4) is 0 Å². The normalized spacial score (nSPS) is 11.3. The van der Waals surface area contributed by atoms with E-state index >= 15 is 0 Å². The maximum absolute atomic E-state index is 10.6. The molecule has 0 saturated heterocycles. The van der Waals surface area contributed by atoms with Crippen LogP contribution in [0.4, 0.5) is 5.95 Å². The number of unbranched alkanes of at least 4 members (excludes halogenated alkanes) is 13. The Balaban J connectivity index is 1.40. The molecule has 0 unspecified atom stereocenters. The van der Waals surface area contributed by atoms with E-state index in [4.69, 9.17) is 4.98 Å². The van der Waals surface area contributed by atoms with E-state index in [0.29, 0.717) is 18.7 Å². The van der Waals surface area contributed by atoms with Crippen molar-refractivity contribution in [2.75, 3.05) is 5.32 Å². The first kappa shape index (κ1) is 28.8. The number of anilines is 1. The van der Waals surface area contributed by atoms with Gasteiger partial charge in [0.15, 0.2) is 0 Å². The number of benzene rings is 2. The number of aryl methyl sites for hydroxylation is 1. The summed E-state index contributed by atoms with van der Waals surface area (Å²) in [5, 5.41) is 14.1. The van der Waals surface area contributed by atoms with Crippen LogP contribution in [0.25, 0.3) is 11.0 Å². The van der Waals surface area contributed by atoms with Crippen molar-refractivity contribution in [3.8, 4) is 5.75 Å². The van der Waals surface area contributed by atoms with Crippen molar-refractivity contribution in [2.45, 2.75) is 116 Å². The summed E-state index contributed by atoms with van der Waals surface area (Å²) in [5.41, 5.74) is 3.98. The smallest absolute Gasteiger partial charge is 0.204 e. The van der Waals surface area contributed by atoms with Gasteiger partial charge in [0, 0.05) is 18.7 Å². The zero-order valence-corrected chi connectivity index (χ0v) is 23.2. The number of phenols is 1. The molecule has 2 N–H and O–H groups in total. The van der Waals surface area contributed by atoms with E-state index in [1.54, 1.807) is 0 Å². The number of phenolic OH excluding ortho intramolecular Hbond substituents is 1. The second kappa shape index (κ2) is 16.9. The number of hydrogen-bond acceptors (Lipinski definition) is 3. The Morgan fingerprint density at radius 1 is 0.784 bits per heavy atom.